The molecule has 0 spiro atoms. The molecule has 0 N–H and O–H groups in total. The van der Waals surface area contributed by atoms with Crippen molar-refractivity contribution in [2.75, 3.05) is 0 Å². The van der Waals surface area contributed by atoms with Gasteiger partial charge in [0.15, 0.2) is 0 Å². The molecule has 2 heteroatoms. The molecule has 6 aromatic carbocycles. The van der Waals surface area contributed by atoms with Crippen molar-refractivity contribution in [3.05, 3.63) is 119 Å². The van der Waals surface area contributed by atoms with Crippen molar-refractivity contribution in [3.8, 4) is 0 Å². The third-order valence-electron chi connectivity index (χ3n) is 7.68. The van der Waals surface area contributed by atoms with Gasteiger partial charge in [-0.3, -0.25) is 0 Å². The Hall–Kier alpha value is -3.06. The van der Waals surface area contributed by atoms with Crippen LogP contribution in [0.1, 0.15) is 35.1 Å². The molecule has 36 heavy (non-hydrogen) atoms. The number of unbranched alkanes of at least 4 members (excludes halogenated alkanes) is 1. The van der Waals surface area contributed by atoms with E-state index in [1.807, 2.05) is 0 Å². The van der Waals surface area contributed by atoms with Crippen LogP contribution >= 0.6 is 23.2 Å². The van der Waals surface area contributed by atoms with Gasteiger partial charge in [-0.2, -0.15) is 0 Å². The van der Waals surface area contributed by atoms with Crippen molar-refractivity contribution >= 4 is 66.3 Å². The van der Waals surface area contributed by atoms with Gasteiger partial charge in [-0.25, -0.2) is 0 Å². The quantitative estimate of drug-likeness (QED) is 0.115. The third-order valence-corrected chi connectivity index (χ3v) is 8.21. The van der Waals surface area contributed by atoms with Crippen LogP contribution in [0.15, 0.2) is 97.1 Å². The molecule has 0 aliphatic carbocycles. The average molecular weight is 508 g/mol. The summed E-state index contributed by atoms with van der Waals surface area (Å²) in [6.45, 7) is 0. The first-order chi connectivity index (χ1) is 17.8. The summed E-state index contributed by atoms with van der Waals surface area (Å²) in [5.41, 5.74) is 5.37. The molecule has 0 bridgehead atoms. The summed E-state index contributed by atoms with van der Waals surface area (Å²) in [6, 6.07) is 35.0. The van der Waals surface area contributed by atoms with E-state index in [2.05, 4.69) is 97.1 Å². The summed E-state index contributed by atoms with van der Waals surface area (Å²) in [6.07, 6.45) is 4.38. The molecule has 0 heterocycles. The highest BCUT2D eigenvalue weighted by Crippen LogP contribution is 2.37. The van der Waals surface area contributed by atoms with Gasteiger partial charge in [0.2, 0.25) is 0 Å². The maximum absolute atomic E-state index is 6.44. The first-order valence-corrected chi connectivity index (χ1v) is 13.8. The van der Waals surface area contributed by atoms with Gasteiger partial charge in [0.25, 0.3) is 0 Å². The smallest absolute Gasteiger partial charge is 0.0486 e. The van der Waals surface area contributed by atoms with Crippen molar-refractivity contribution in [2.45, 2.75) is 37.4 Å². The van der Waals surface area contributed by atoms with Crippen molar-refractivity contribution < 1.29 is 0 Å². The number of halogens is 2. The zero-order valence-corrected chi connectivity index (χ0v) is 21.7. The van der Waals surface area contributed by atoms with Crippen LogP contribution in [-0.2, 0) is 24.6 Å². The molecule has 0 atom stereocenters. The maximum Gasteiger partial charge on any atom is 0.0486 e. The van der Waals surface area contributed by atoms with E-state index < -0.39 is 0 Å². The lowest BCUT2D eigenvalue weighted by Crippen LogP contribution is -1.98. The van der Waals surface area contributed by atoms with Crippen LogP contribution in [0.25, 0.3) is 43.1 Å². The number of fused-ring (bicyclic) bond motifs is 4. The summed E-state index contributed by atoms with van der Waals surface area (Å²) in [5.74, 6) is 1.06. The topological polar surface area (TPSA) is 0 Å². The van der Waals surface area contributed by atoms with Gasteiger partial charge in [-0.1, -0.05) is 97.1 Å². The summed E-state index contributed by atoms with van der Waals surface area (Å²) >= 11 is 12.9. The van der Waals surface area contributed by atoms with Crippen LogP contribution in [0.4, 0.5) is 0 Å². The first kappa shape index (κ1) is 23.3. The van der Waals surface area contributed by atoms with E-state index in [1.54, 1.807) is 0 Å². The van der Waals surface area contributed by atoms with E-state index in [9.17, 15) is 0 Å². The molecular weight excluding hydrogens is 479 g/mol. The highest BCUT2D eigenvalue weighted by atomic mass is 35.5. The fraction of sp³-hybridized carbons (Fsp3) is 0.176. The lowest BCUT2D eigenvalue weighted by atomic mass is 9.88. The van der Waals surface area contributed by atoms with E-state index in [-0.39, 0.29) is 0 Å². The standard InChI is InChI=1S/C34H28Cl2/c35-21-33-29-17-7-3-13-25(29)23(26-14-4-8-18-30(26)33)11-1-2-12-24-27-15-5-9-19-31(27)34(22-36)32-20-10-6-16-28(24)32/h3-10,13-20H,1-2,11-12,21-22H2. The highest BCUT2D eigenvalue weighted by molar-refractivity contribution is 6.21. The second-order valence-electron chi connectivity index (χ2n) is 9.57. The Kier molecular flexibility index (Phi) is 6.57. The Morgan fingerprint density at radius 1 is 0.333 bits per heavy atom. The zero-order chi connectivity index (χ0) is 24.5. The monoisotopic (exact) mass is 506 g/mol. The van der Waals surface area contributed by atoms with Gasteiger partial charge in [-0.15, -0.1) is 23.2 Å². The molecule has 0 unspecified atom stereocenters. The number of benzene rings is 6. The predicted molar refractivity (Wildman–Crippen MR) is 159 cm³/mol. The number of hydrogen-bond acceptors (Lipinski definition) is 0. The fourth-order valence-corrected chi connectivity index (χ4v) is 6.62. The van der Waals surface area contributed by atoms with Gasteiger partial charge in [0, 0.05) is 11.8 Å². The van der Waals surface area contributed by atoms with E-state index in [1.165, 1.54) is 65.3 Å². The number of hydrogen-bond donors (Lipinski definition) is 0. The molecule has 0 aliphatic rings. The van der Waals surface area contributed by atoms with E-state index in [0.717, 1.165) is 25.7 Å². The van der Waals surface area contributed by atoms with Crippen LogP contribution in [-0.4, -0.2) is 0 Å². The lowest BCUT2D eigenvalue weighted by Gasteiger charge is -2.17. The molecule has 0 radical (unpaired) electrons. The molecule has 0 aliphatic heterocycles. The molecule has 0 amide bonds. The molecule has 0 fully saturated rings. The molecule has 6 aromatic rings. The van der Waals surface area contributed by atoms with Crippen LogP contribution in [0.2, 0.25) is 0 Å². The Morgan fingerprint density at radius 3 is 0.778 bits per heavy atom. The number of rotatable bonds is 7. The molecule has 0 aromatic heterocycles. The highest BCUT2D eigenvalue weighted by Gasteiger charge is 2.15. The molecule has 178 valence electrons. The van der Waals surface area contributed by atoms with E-state index in [0.29, 0.717) is 11.8 Å². The minimum Gasteiger partial charge on any atom is -0.122 e. The lowest BCUT2D eigenvalue weighted by molar-refractivity contribution is 0.744. The molecular formula is C34H28Cl2. The summed E-state index contributed by atoms with van der Waals surface area (Å²) in [7, 11) is 0. The van der Waals surface area contributed by atoms with Crippen molar-refractivity contribution in [3.63, 3.8) is 0 Å². The van der Waals surface area contributed by atoms with Crippen LogP contribution in [0.5, 0.6) is 0 Å². The Balaban J connectivity index is 1.36. The van der Waals surface area contributed by atoms with Crippen molar-refractivity contribution in [2.24, 2.45) is 0 Å². The SMILES string of the molecule is ClCc1c2ccccc2c(CCCCc2c3ccccc3c(CCl)c3ccccc23)c2ccccc12. The average Bonchev–Trinajstić information content (AvgIpc) is 2.94. The molecule has 0 nitrogen and oxygen atoms in total. The predicted octanol–water partition coefficient (Wildman–Crippen LogP) is 10.3. The summed E-state index contributed by atoms with van der Waals surface area (Å²) in [5, 5.41) is 10.5. The summed E-state index contributed by atoms with van der Waals surface area (Å²) < 4.78 is 0. The van der Waals surface area contributed by atoms with Crippen LogP contribution in [0.3, 0.4) is 0 Å². The Bertz CT molecular complexity index is 1470. The third kappa shape index (κ3) is 3.94. The van der Waals surface area contributed by atoms with Gasteiger partial charge < -0.3 is 0 Å². The van der Waals surface area contributed by atoms with Gasteiger partial charge in [0.05, 0.1) is 0 Å². The minimum atomic E-state index is 0.528. The van der Waals surface area contributed by atoms with Crippen molar-refractivity contribution in [1.82, 2.24) is 0 Å². The Morgan fingerprint density at radius 2 is 0.556 bits per heavy atom. The second kappa shape index (κ2) is 10.1. The van der Waals surface area contributed by atoms with Crippen molar-refractivity contribution in [1.29, 1.82) is 0 Å². The van der Waals surface area contributed by atoms with Crippen LogP contribution < -0.4 is 0 Å². The zero-order valence-electron chi connectivity index (χ0n) is 20.2. The number of aryl methyl sites for hydroxylation is 2. The van der Waals surface area contributed by atoms with Crippen LogP contribution in [0, 0.1) is 0 Å². The molecule has 0 saturated carbocycles. The van der Waals surface area contributed by atoms with E-state index >= 15 is 0 Å². The van der Waals surface area contributed by atoms with Gasteiger partial charge in [0.1, 0.15) is 0 Å². The molecule has 6 rings (SSSR count). The van der Waals surface area contributed by atoms with Gasteiger partial charge in [-0.05, 0) is 91.0 Å². The second-order valence-corrected chi connectivity index (χ2v) is 10.1. The normalized spacial score (nSPS) is 11.7. The minimum absolute atomic E-state index is 0.528. The fourth-order valence-electron chi connectivity index (χ4n) is 6.05. The summed E-state index contributed by atoms with van der Waals surface area (Å²) in [4.78, 5) is 0. The first-order valence-electron chi connectivity index (χ1n) is 12.8. The maximum atomic E-state index is 6.44. The largest absolute Gasteiger partial charge is 0.122 e. The molecule has 0 saturated heterocycles. The van der Waals surface area contributed by atoms with Gasteiger partial charge >= 0.3 is 0 Å². The Labute approximate surface area is 222 Å². The number of alkyl halides is 2. The van der Waals surface area contributed by atoms with E-state index in [4.69, 9.17) is 23.2 Å².